The molecule has 0 saturated carbocycles. The third-order valence-corrected chi connectivity index (χ3v) is 13.5. The third-order valence-electron chi connectivity index (χ3n) is 11.9. The van der Waals surface area contributed by atoms with Crippen molar-refractivity contribution in [3.05, 3.63) is 90.2 Å². The van der Waals surface area contributed by atoms with E-state index in [0.717, 1.165) is 0 Å². The summed E-state index contributed by atoms with van der Waals surface area (Å²) < 4.78 is 112. The molecule has 75 heavy (non-hydrogen) atoms. The summed E-state index contributed by atoms with van der Waals surface area (Å²) in [5, 5.41) is 12.1. The normalized spacial score (nSPS) is 16.7. The Morgan fingerprint density at radius 3 is 1.81 bits per heavy atom. The van der Waals surface area contributed by atoms with Gasteiger partial charge in [-0.15, -0.1) is 5.06 Å². The van der Waals surface area contributed by atoms with E-state index in [-0.39, 0.29) is 50.8 Å². The van der Waals surface area contributed by atoms with Gasteiger partial charge in [0.1, 0.15) is 5.75 Å². The van der Waals surface area contributed by atoms with Crippen molar-refractivity contribution in [1.82, 2.24) is 5.06 Å². The summed E-state index contributed by atoms with van der Waals surface area (Å²) in [6.45, 7) is 12.5. The summed E-state index contributed by atoms with van der Waals surface area (Å²) in [4.78, 5) is 45.6. The second kappa shape index (κ2) is 32.5. The number of anilines is 2. The lowest BCUT2D eigenvalue weighted by atomic mass is 9.77. The van der Waals surface area contributed by atoms with E-state index in [9.17, 15) is 45.4 Å². The molecule has 2 heterocycles. The van der Waals surface area contributed by atoms with Crippen LogP contribution in [0.3, 0.4) is 0 Å². The van der Waals surface area contributed by atoms with Gasteiger partial charge in [-0.25, -0.2) is 4.79 Å². The van der Waals surface area contributed by atoms with Crippen LogP contribution in [0, 0.1) is 0 Å². The zero-order chi connectivity index (χ0) is 54.7. The van der Waals surface area contributed by atoms with Gasteiger partial charge >= 0.3 is 5.97 Å². The molecule has 0 bridgehead atoms. The number of hydrogen-bond acceptors (Lipinski definition) is 19. The molecule has 0 aromatic heterocycles. The van der Waals surface area contributed by atoms with E-state index in [1.807, 2.05) is 11.0 Å². The van der Waals surface area contributed by atoms with Crippen LogP contribution in [0.4, 0.5) is 11.4 Å². The SMILES string of the molecule is C=C/C=C(/C=C/C=C1\N(CCCS(=O)(=O)O)c2ccc(S(=O)(=O)O)cc2C1(C)CCCC(=O)ON1C(=O)CCC1=O)c1ccc(N(CCOCCOCCOCCOC)CCOCCOCCOCCOC)cc1O. The van der Waals surface area contributed by atoms with E-state index < -0.39 is 54.1 Å². The second-order valence-electron chi connectivity index (χ2n) is 17.3. The average Bonchev–Trinajstić information content (AvgIpc) is 3.79. The van der Waals surface area contributed by atoms with Gasteiger partial charge in [0.2, 0.25) is 0 Å². The minimum atomic E-state index is -4.69. The van der Waals surface area contributed by atoms with Crippen molar-refractivity contribution >= 4 is 55.0 Å². The van der Waals surface area contributed by atoms with Crippen LogP contribution in [0.2, 0.25) is 0 Å². The average molecular weight is 1100 g/mol. The second-order valence-corrected chi connectivity index (χ2v) is 20.3. The molecule has 418 valence electrons. The summed E-state index contributed by atoms with van der Waals surface area (Å²) in [6, 6.07) is 9.25. The molecular weight excluding hydrogens is 1020 g/mol. The Hall–Kier alpha value is -5.09. The number of methoxy groups -OCH3 is 2. The molecular formula is C51H73N3O19S2. The minimum absolute atomic E-state index is 0.0382. The van der Waals surface area contributed by atoms with Gasteiger partial charge in [-0.3, -0.25) is 18.7 Å². The van der Waals surface area contributed by atoms with Gasteiger partial charge in [-0.1, -0.05) is 30.9 Å². The Morgan fingerprint density at radius 2 is 1.31 bits per heavy atom. The first kappa shape index (κ1) is 62.4. The number of nitrogens with zero attached hydrogens (tertiary/aromatic N) is 3. The number of ether oxygens (including phenoxy) is 8. The number of carbonyl (C=O) groups is 3. The molecule has 1 fully saturated rings. The lowest BCUT2D eigenvalue weighted by Gasteiger charge is -2.30. The number of benzene rings is 2. The fourth-order valence-electron chi connectivity index (χ4n) is 8.15. The molecule has 2 aliphatic heterocycles. The molecule has 2 aromatic carbocycles. The number of hydroxylamine groups is 2. The quantitative estimate of drug-likeness (QED) is 0.0355. The number of rotatable bonds is 39. The number of phenols is 1. The summed E-state index contributed by atoms with van der Waals surface area (Å²) >= 11 is 0. The van der Waals surface area contributed by atoms with E-state index in [4.69, 9.17) is 42.7 Å². The van der Waals surface area contributed by atoms with Crippen LogP contribution in [0.15, 0.2) is 83.9 Å². The zero-order valence-electron chi connectivity index (χ0n) is 43.1. The lowest BCUT2D eigenvalue weighted by Crippen LogP contribution is -2.32. The van der Waals surface area contributed by atoms with Crippen LogP contribution < -0.4 is 9.80 Å². The van der Waals surface area contributed by atoms with E-state index in [2.05, 4.69) is 6.58 Å². The number of phenolic OH excluding ortho intramolecular Hbond substituents is 1. The number of aromatic hydroxyl groups is 1. The Bertz CT molecular complexity index is 2440. The minimum Gasteiger partial charge on any atom is -0.507 e. The topological polar surface area (TPSA) is 273 Å². The highest BCUT2D eigenvalue weighted by Gasteiger charge is 2.44. The Morgan fingerprint density at radius 1 is 0.760 bits per heavy atom. The van der Waals surface area contributed by atoms with Crippen molar-refractivity contribution in [2.45, 2.75) is 55.8 Å². The highest BCUT2D eigenvalue weighted by Crippen LogP contribution is 2.51. The van der Waals surface area contributed by atoms with Gasteiger partial charge < -0.3 is 57.6 Å². The van der Waals surface area contributed by atoms with Crippen molar-refractivity contribution in [2.24, 2.45) is 0 Å². The van der Waals surface area contributed by atoms with Crippen LogP contribution in [-0.2, 0) is 82.8 Å². The molecule has 2 aromatic rings. The molecule has 1 saturated heterocycles. The molecule has 0 spiro atoms. The summed E-state index contributed by atoms with van der Waals surface area (Å²) in [5.74, 6) is -2.75. The summed E-state index contributed by atoms with van der Waals surface area (Å²) in [6.07, 6.45) is 8.20. The van der Waals surface area contributed by atoms with Gasteiger partial charge in [0.25, 0.3) is 32.1 Å². The maximum absolute atomic E-state index is 12.9. The molecule has 4 rings (SSSR count). The highest BCUT2D eigenvalue weighted by atomic mass is 32.2. The smallest absolute Gasteiger partial charge is 0.333 e. The van der Waals surface area contributed by atoms with Crippen molar-refractivity contribution in [2.75, 3.05) is 142 Å². The van der Waals surface area contributed by atoms with Crippen molar-refractivity contribution in [3.8, 4) is 5.75 Å². The van der Waals surface area contributed by atoms with Crippen LogP contribution >= 0.6 is 0 Å². The van der Waals surface area contributed by atoms with Crippen molar-refractivity contribution in [1.29, 1.82) is 0 Å². The summed E-state index contributed by atoms with van der Waals surface area (Å²) in [5.41, 5.74) is 2.00. The predicted molar refractivity (Wildman–Crippen MR) is 277 cm³/mol. The van der Waals surface area contributed by atoms with E-state index in [1.165, 1.54) is 18.2 Å². The fraction of sp³-hybridized carbons (Fsp3) is 0.549. The van der Waals surface area contributed by atoms with Crippen molar-refractivity contribution < 1.29 is 88.2 Å². The van der Waals surface area contributed by atoms with E-state index in [1.54, 1.807) is 68.6 Å². The summed E-state index contributed by atoms with van der Waals surface area (Å²) in [7, 11) is -5.85. The number of amides is 2. The lowest BCUT2D eigenvalue weighted by molar-refractivity contribution is -0.197. The molecule has 22 nitrogen and oxygen atoms in total. The maximum Gasteiger partial charge on any atom is 0.333 e. The van der Waals surface area contributed by atoms with Gasteiger partial charge in [-0.05, 0) is 73.7 Å². The van der Waals surface area contributed by atoms with Crippen LogP contribution in [0.5, 0.6) is 5.75 Å². The van der Waals surface area contributed by atoms with Gasteiger partial charge in [0, 0.05) is 87.2 Å². The van der Waals surface area contributed by atoms with E-state index in [0.29, 0.717) is 144 Å². The van der Waals surface area contributed by atoms with Crippen LogP contribution in [0.1, 0.15) is 56.6 Å². The molecule has 1 atom stereocenters. The van der Waals surface area contributed by atoms with Gasteiger partial charge in [0.15, 0.2) is 0 Å². The molecule has 0 radical (unpaired) electrons. The zero-order valence-corrected chi connectivity index (χ0v) is 44.7. The molecule has 0 aliphatic carbocycles. The first-order valence-corrected chi connectivity index (χ1v) is 27.6. The maximum atomic E-state index is 12.9. The Kier molecular flexibility index (Phi) is 27.0. The van der Waals surface area contributed by atoms with E-state index >= 15 is 0 Å². The Balaban J connectivity index is 1.57. The Labute approximate surface area is 440 Å². The predicted octanol–water partition coefficient (Wildman–Crippen LogP) is 4.68. The number of fused-ring (bicyclic) bond motifs is 1. The first-order valence-electron chi connectivity index (χ1n) is 24.6. The number of hydrogen-bond donors (Lipinski definition) is 3. The monoisotopic (exact) mass is 1100 g/mol. The highest BCUT2D eigenvalue weighted by molar-refractivity contribution is 7.86. The molecule has 2 aliphatic rings. The van der Waals surface area contributed by atoms with Gasteiger partial charge in [0.05, 0.1) is 103 Å². The van der Waals surface area contributed by atoms with Crippen LogP contribution in [-0.4, -0.2) is 186 Å². The fourth-order valence-corrected chi connectivity index (χ4v) is 9.15. The molecule has 2 amide bonds. The largest absolute Gasteiger partial charge is 0.507 e. The number of carbonyl (C=O) groups excluding carboxylic acids is 3. The number of allylic oxidation sites excluding steroid dienone is 7. The van der Waals surface area contributed by atoms with Crippen molar-refractivity contribution in [3.63, 3.8) is 0 Å². The molecule has 24 heteroatoms. The standard InChI is InChI=1S/C51H73N3O19S2/c1-5-9-40(43-15-13-41(38-46(43)55)52(21-23-67-29-31-71-35-33-69-27-25-65-3)22-24-68-30-32-72-36-34-70-28-26-66-4)10-6-11-47-51(2,19-7-12-50(58)73-54-48(56)17-18-49(54)57)44-39-42(75(62,63)64)14-16-45(44)53(47)20-8-37-74(59,60)61/h5-6,9-11,13-16,38-39,55H,1,7-8,12,17-37H2,2-4H3,(H,59,60,61)(H,62,63,64)/b10-6+,40-9-,47-11-. The first-order chi connectivity index (χ1) is 35.9. The molecule has 1 unspecified atom stereocenters. The molecule has 3 N–H and O–H groups in total. The third kappa shape index (κ3) is 21.1. The number of imide groups is 1. The van der Waals surface area contributed by atoms with Gasteiger partial charge in [-0.2, -0.15) is 16.8 Å². The van der Waals surface area contributed by atoms with Crippen LogP contribution in [0.25, 0.3) is 5.57 Å².